The van der Waals surface area contributed by atoms with Gasteiger partial charge in [-0.05, 0) is 39.0 Å². The summed E-state index contributed by atoms with van der Waals surface area (Å²) < 4.78 is 19.7. The van der Waals surface area contributed by atoms with E-state index >= 15 is 0 Å². The number of aromatic carboxylic acids is 1. The molecule has 1 aromatic carbocycles. The molecule has 5 nitrogen and oxygen atoms in total. The molecule has 0 atom stereocenters. The van der Waals surface area contributed by atoms with Crippen molar-refractivity contribution in [2.24, 2.45) is 0 Å². The number of benzene rings is 1. The number of hydrogen-bond donors (Lipinski definition) is 1. The molecule has 0 amide bonds. The fourth-order valence-electron chi connectivity index (χ4n) is 1.86. The second-order valence-corrected chi connectivity index (χ2v) is 5.32. The van der Waals surface area contributed by atoms with Gasteiger partial charge in [0.15, 0.2) is 0 Å². The number of carbonyl (C=O) groups is 2. The van der Waals surface area contributed by atoms with Crippen molar-refractivity contribution in [3.63, 3.8) is 0 Å². The Morgan fingerprint density at radius 2 is 1.95 bits per heavy atom. The van der Waals surface area contributed by atoms with Gasteiger partial charge in [0, 0.05) is 5.39 Å². The maximum Gasteiger partial charge on any atom is 0.419 e. The molecule has 0 bridgehead atoms. The van der Waals surface area contributed by atoms with E-state index in [-0.39, 0.29) is 16.6 Å². The van der Waals surface area contributed by atoms with Crippen LogP contribution in [0.5, 0.6) is 0 Å². The van der Waals surface area contributed by atoms with Gasteiger partial charge in [-0.2, -0.15) is 0 Å². The molecule has 2 aromatic rings. The summed E-state index contributed by atoms with van der Waals surface area (Å²) in [4.78, 5) is 23.3. The lowest BCUT2D eigenvalue weighted by Crippen LogP contribution is -2.28. The Bertz CT molecular complexity index is 697. The largest absolute Gasteiger partial charge is 0.477 e. The third-order valence-electron chi connectivity index (χ3n) is 2.59. The van der Waals surface area contributed by atoms with Crippen LogP contribution < -0.4 is 0 Å². The number of carboxylic acids is 1. The van der Waals surface area contributed by atoms with E-state index in [9.17, 15) is 14.0 Å². The van der Waals surface area contributed by atoms with Crippen molar-refractivity contribution in [3.05, 3.63) is 35.8 Å². The third kappa shape index (κ3) is 2.49. The van der Waals surface area contributed by atoms with Crippen LogP contribution in [0.1, 0.15) is 31.3 Å². The Morgan fingerprint density at radius 3 is 2.50 bits per heavy atom. The molecule has 20 heavy (non-hydrogen) atoms. The first-order chi connectivity index (χ1) is 9.20. The van der Waals surface area contributed by atoms with E-state index in [4.69, 9.17) is 9.84 Å². The van der Waals surface area contributed by atoms with Crippen molar-refractivity contribution in [3.8, 4) is 0 Å². The Hall–Kier alpha value is -2.37. The number of halogens is 1. The SMILES string of the molecule is CC(C)(C)OC(=O)n1c(C(=O)O)cc2c(F)cccc21. The minimum atomic E-state index is -1.33. The number of fused-ring (bicyclic) bond motifs is 1. The lowest BCUT2D eigenvalue weighted by molar-refractivity contribution is 0.0513. The van der Waals surface area contributed by atoms with Crippen LogP contribution >= 0.6 is 0 Å². The minimum absolute atomic E-state index is 0.0655. The van der Waals surface area contributed by atoms with Gasteiger partial charge in [0.05, 0.1) is 5.52 Å². The topological polar surface area (TPSA) is 68.5 Å². The maximum absolute atomic E-state index is 13.7. The molecule has 0 saturated carbocycles. The summed E-state index contributed by atoms with van der Waals surface area (Å²) in [6.07, 6.45) is -0.851. The summed E-state index contributed by atoms with van der Waals surface area (Å²) in [6, 6.07) is 5.20. The van der Waals surface area contributed by atoms with E-state index in [1.54, 1.807) is 20.8 Å². The third-order valence-corrected chi connectivity index (χ3v) is 2.59. The van der Waals surface area contributed by atoms with Gasteiger partial charge in [0.1, 0.15) is 17.1 Å². The summed E-state index contributed by atoms with van der Waals surface area (Å²) in [5.41, 5.74) is -0.951. The summed E-state index contributed by atoms with van der Waals surface area (Å²) in [5.74, 6) is -1.92. The Morgan fingerprint density at radius 1 is 1.30 bits per heavy atom. The molecule has 106 valence electrons. The summed E-state index contributed by atoms with van der Waals surface area (Å²) in [5, 5.41) is 9.22. The van der Waals surface area contributed by atoms with Gasteiger partial charge in [0.2, 0.25) is 0 Å². The molecule has 0 radical (unpaired) electrons. The average molecular weight is 279 g/mol. The van der Waals surface area contributed by atoms with Crippen LogP contribution in [0.3, 0.4) is 0 Å². The fourth-order valence-corrected chi connectivity index (χ4v) is 1.86. The maximum atomic E-state index is 13.7. The number of ether oxygens (including phenoxy) is 1. The first-order valence-electron chi connectivity index (χ1n) is 5.97. The number of rotatable bonds is 1. The van der Waals surface area contributed by atoms with Gasteiger partial charge in [-0.1, -0.05) is 6.07 Å². The lowest BCUT2D eigenvalue weighted by Gasteiger charge is -2.20. The van der Waals surface area contributed by atoms with Gasteiger partial charge in [-0.25, -0.2) is 18.5 Å². The zero-order valence-corrected chi connectivity index (χ0v) is 11.3. The molecule has 0 aliphatic rings. The normalized spacial score (nSPS) is 11.6. The predicted molar refractivity (Wildman–Crippen MR) is 70.5 cm³/mol. The average Bonchev–Trinajstić information content (AvgIpc) is 2.67. The molecule has 2 rings (SSSR count). The summed E-state index contributed by atoms with van der Waals surface area (Å²) in [6.45, 7) is 4.99. The van der Waals surface area contributed by atoms with Crippen molar-refractivity contribution in [1.29, 1.82) is 0 Å². The Labute approximate surface area is 114 Å². The van der Waals surface area contributed by atoms with Crippen LogP contribution in [0.4, 0.5) is 9.18 Å². The molecule has 0 aliphatic heterocycles. The second kappa shape index (κ2) is 4.63. The van der Waals surface area contributed by atoms with Crippen molar-refractivity contribution in [2.75, 3.05) is 0 Å². The zero-order valence-electron chi connectivity index (χ0n) is 11.3. The van der Waals surface area contributed by atoms with E-state index in [2.05, 4.69) is 0 Å². The van der Waals surface area contributed by atoms with Crippen molar-refractivity contribution in [1.82, 2.24) is 4.57 Å². The van der Waals surface area contributed by atoms with E-state index in [1.807, 2.05) is 0 Å². The molecule has 6 heteroatoms. The standard InChI is InChI=1S/C14H14FNO4/c1-14(2,3)20-13(19)16-10-6-4-5-9(15)8(10)7-11(16)12(17)18/h4-7H,1-3H3,(H,17,18). The van der Waals surface area contributed by atoms with Crippen molar-refractivity contribution >= 4 is 23.0 Å². The smallest absolute Gasteiger partial charge is 0.419 e. The van der Waals surface area contributed by atoms with Crippen LogP contribution in [0.15, 0.2) is 24.3 Å². The number of nitrogens with zero attached hydrogens (tertiary/aromatic N) is 1. The highest BCUT2D eigenvalue weighted by Gasteiger charge is 2.25. The highest BCUT2D eigenvalue weighted by Crippen LogP contribution is 2.24. The Kier molecular flexibility index (Phi) is 3.25. The van der Waals surface area contributed by atoms with Gasteiger partial charge in [-0.15, -0.1) is 0 Å². The van der Waals surface area contributed by atoms with Crippen LogP contribution in [-0.4, -0.2) is 27.3 Å². The van der Waals surface area contributed by atoms with Crippen molar-refractivity contribution in [2.45, 2.75) is 26.4 Å². The number of aromatic nitrogens is 1. The molecule has 0 unspecified atom stereocenters. The molecule has 0 aliphatic carbocycles. The van der Waals surface area contributed by atoms with Crippen molar-refractivity contribution < 1.29 is 23.8 Å². The zero-order chi connectivity index (χ0) is 15.1. The number of carboxylic acid groups (broad SMARTS) is 1. The van der Waals surface area contributed by atoms with E-state index < -0.39 is 23.5 Å². The predicted octanol–water partition coefficient (Wildman–Crippen LogP) is 3.26. The quantitative estimate of drug-likeness (QED) is 0.869. The number of carbonyl (C=O) groups excluding carboxylic acids is 1. The van der Waals surface area contributed by atoms with Gasteiger partial charge >= 0.3 is 12.1 Å². The van der Waals surface area contributed by atoms with Gasteiger partial charge < -0.3 is 9.84 Å². The van der Waals surface area contributed by atoms with Crippen LogP contribution in [0.25, 0.3) is 10.9 Å². The Balaban J connectivity index is 2.67. The summed E-state index contributed by atoms with van der Waals surface area (Å²) >= 11 is 0. The van der Waals surface area contributed by atoms with Gasteiger partial charge in [0.25, 0.3) is 0 Å². The summed E-state index contributed by atoms with van der Waals surface area (Å²) in [7, 11) is 0. The monoisotopic (exact) mass is 279 g/mol. The van der Waals surface area contributed by atoms with Crippen LogP contribution in [0.2, 0.25) is 0 Å². The van der Waals surface area contributed by atoms with E-state index in [1.165, 1.54) is 18.2 Å². The molecular formula is C14H14FNO4. The first kappa shape index (κ1) is 14.0. The molecular weight excluding hydrogens is 265 g/mol. The molecule has 0 spiro atoms. The minimum Gasteiger partial charge on any atom is -0.477 e. The fraction of sp³-hybridized carbons (Fsp3) is 0.286. The van der Waals surface area contributed by atoms with Crippen LogP contribution in [-0.2, 0) is 4.74 Å². The van der Waals surface area contributed by atoms with E-state index in [0.29, 0.717) is 0 Å². The molecule has 0 saturated heterocycles. The first-order valence-corrected chi connectivity index (χ1v) is 5.97. The molecule has 1 heterocycles. The van der Waals surface area contributed by atoms with Crippen LogP contribution in [0, 0.1) is 5.82 Å². The lowest BCUT2D eigenvalue weighted by atomic mass is 10.2. The number of hydrogen-bond acceptors (Lipinski definition) is 3. The van der Waals surface area contributed by atoms with Gasteiger partial charge in [-0.3, -0.25) is 0 Å². The molecule has 0 fully saturated rings. The highest BCUT2D eigenvalue weighted by atomic mass is 19.1. The molecule has 1 aromatic heterocycles. The van der Waals surface area contributed by atoms with E-state index in [0.717, 1.165) is 10.6 Å². The highest BCUT2D eigenvalue weighted by molar-refractivity contribution is 6.01. The second-order valence-electron chi connectivity index (χ2n) is 5.32. The molecule has 1 N–H and O–H groups in total.